The number of ether oxygens (including phenoxy) is 1. The number of anilines is 1. The molecular formula is C12H17FN2OS. The van der Waals surface area contributed by atoms with Gasteiger partial charge in [0.1, 0.15) is 5.82 Å². The van der Waals surface area contributed by atoms with Gasteiger partial charge in [0, 0.05) is 18.8 Å². The third-order valence-electron chi connectivity index (χ3n) is 2.23. The maximum Gasteiger partial charge on any atom is 0.171 e. The predicted molar refractivity (Wildman–Crippen MR) is 71.8 cm³/mol. The molecule has 1 rings (SSSR count). The Morgan fingerprint density at radius 1 is 1.53 bits per heavy atom. The first kappa shape index (κ1) is 13.9. The van der Waals surface area contributed by atoms with Crippen molar-refractivity contribution >= 4 is 23.0 Å². The molecule has 0 heterocycles. The van der Waals surface area contributed by atoms with E-state index < -0.39 is 0 Å². The van der Waals surface area contributed by atoms with Gasteiger partial charge in [0.2, 0.25) is 0 Å². The first-order chi connectivity index (χ1) is 8.02. The van der Waals surface area contributed by atoms with Crippen molar-refractivity contribution in [1.82, 2.24) is 5.32 Å². The van der Waals surface area contributed by atoms with Crippen LogP contribution in [0.2, 0.25) is 0 Å². The lowest BCUT2D eigenvalue weighted by Crippen LogP contribution is -2.38. The van der Waals surface area contributed by atoms with Crippen LogP contribution in [0.25, 0.3) is 0 Å². The van der Waals surface area contributed by atoms with E-state index in [9.17, 15) is 4.39 Å². The fraction of sp³-hybridized carbons (Fsp3) is 0.417. The Bertz CT molecular complexity index is 398. The molecule has 17 heavy (non-hydrogen) atoms. The van der Waals surface area contributed by atoms with E-state index >= 15 is 0 Å². The summed E-state index contributed by atoms with van der Waals surface area (Å²) in [4.78, 5) is 0. The van der Waals surface area contributed by atoms with Gasteiger partial charge in [-0.1, -0.05) is 0 Å². The number of rotatable bonds is 4. The molecule has 0 bridgehead atoms. The predicted octanol–water partition coefficient (Wildman–Crippen LogP) is 2.46. The number of hydrogen-bond donors (Lipinski definition) is 2. The van der Waals surface area contributed by atoms with Gasteiger partial charge in [-0.15, -0.1) is 0 Å². The Morgan fingerprint density at radius 3 is 2.82 bits per heavy atom. The largest absolute Gasteiger partial charge is 0.383 e. The molecular weight excluding hydrogens is 239 g/mol. The lowest BCUT2D eigenvalue weighted by Gasteiger charge is -2.17. The van der Waals surface area contributed by atoms with Gasteiger partial charge >= 0.3 is 0 Å². The summed E-state index contributed by atoms with van der Waals surface area (Å²) in [6, 6.07) is 4.65. The summed E-state index contributed by atoms with van der Waals surface area (Å²) in [6.07, 6.45) is 0. The summed E-state index contributed by atoms with van der Waals surface area (Å²) in [7, 11) is 1.64. The smallest absolute Gasteiger partial charge is 0.171 e. The number of halogens is 1. The molecule has 0 aromatic heterocycles. The molecule has 1 unspecified atom stereocenters. The van der Waals surface area contributed by atoms with Crippen molar-refractivity contribution in [2.24, 2.45) is 0 Å². The van der Waals surface area contributed by atoms with Gasteiger partial charge in [0.05, 0.1) is 6.61 Å². The number of thiocarbonyl (C=S) groups is 1. The summed E-state index contributed by atoms with van der Waals surface area (Å²) in [5.41, 5.74) is 1.61. The van der Waals surface area contributed by atoms with Crippen LogP contribution in [0.5, 0.6) is 0 Å². The highest BCUT2D eigenvalue weighted by molar-refractivity contribution is 7.80. The van der Waals surface area contributed by atoms with Gasteiger partial charge < -0.3 is 15.4 Å². The van der Waals surface area contributed by atoms with Crippen LogP contribution in [0.4, 0.5) is 10.1 Å². The number of hydrogen-bond acceptors (Lipinski definition) is 2. The fourth-order valence-electron chi connectivity index (χ4n) is 1.44. The van der Waals surface area contributed by atoms with E-state index in [-0.39, 0.29) is 11.9 Å². The monoisotopic (exact) mass is 256 g/mol. The molecule has 1 aromatic rings. The molecule has 0 aliphatic carbocycles. The van der Waals surface area contributed by atoms with Crippen molar-refractivity contribution in [2.75, 3.05) is 19.0 Å². The Kier molecular flexibility index (Phi) is 5.31. The molecule has 1 aromatic carbocycles. The Morgan fingerprint density at radius 2 is 2.24 bits per heavy atom. The molecule has 2 N–H and O–H groups in total. The molecule has 94 valence electrons. The first-order valence-corrected chi connectivity index (χ1v) is 5.76. The molecule has 0 aliphatic rings. The Labute approximate surface area is 106 Å². The third kappa shape index (κ3) is 4.66. The van der Waals surface area contributed by atoms with E-state index in [1.54, 1.807) is 13.2 Å². The average molecular weight is 256 g/mol. The SMILES string of the molecule is COCC(C)NC(=S)Nc1ccc(F)cc1C. The topological polar surface area (TPSA) is 33.3 Å². The highest BCUT2D eigenvalue weighted by atomic mass is 32.1. The highest BCUT2D eigenvalue weighted by Gasteiger charge is 2.05. The van der Waals surface area contributed by atoms with Crippen molar-refractivity contribution in [3.63, 3.8) is 0 Å². The van der Waals surface area contributed by atoms with Crippen LogP contribution in [0, 0.1) is 12.7 Å². The van der Waals surface area contributed by atoms with Crippen LogP contribution in [0.3, 0.4) is 0 Å². The van der Waals surface area contributed by atoms with E-state index in [1.807, 2.05) is 13.8 Å². The van der Waals surface area contributed by atoms with Crippen LogP contribution in [-0.2, 0) is 4.74 Å². The molecule has 0 radical (unpaired) electrons. The molecule has 1 atom stereocenters. The van der Waals surface area contributed by atoms with Gasteiger partial charge in [-0.05, 0) is 49.8 Å². The van der Waals surface area contributed by atoms with Gasteiger partial charge in [-0.25, -0.2) is 4.39 Å². The molecule has 0 fully saturated rings. The van der Waals surface area contributed by atoms with Crippen LogP contribution >= 0.6 is 12.2 Å². The van der Waals surface area contributed by atoms with Gasteiger partial charge in [-0.2, -0.15) is 0 Å². The second-order valence-corrected chi connectivity index (χ2v) is 4.32. The van der Waals surface area contributed by atoms with Crippen molar-refractivity contribution in [1.29, 1.82) is 0 Å². The van der Waals surface area contributed by atoms with Crippen LogP contribution < -0.4 is 10.6 Å². The zero-order chi connectivity index (χ0) is 12.8. The molecule has 0 spiro atoms. The van der Waals surface area contributed by atoms with Gasteiger partial charge in [0.25, 0.3) is 0 Å². The van der Waals surface area contributed by atoms with Crippen molar-refractivity contribution < 1.29 is 9.13 Å². The minimum absolute atomic E-state index is 0.126. The van der Waals surface area contributed by atoms with E-state index in [0.29, 0.717) is 11.7 Å². The van der Waals surface area contributed by atoms with E-state index in [4.69, 9.17) is 17.0 Å². The summed E-state index contributed by atoms with van der Waals surface area (Å²) in [5, 5.41) is 6.60. The van der Waals surface area contributed by atoms with Crippen LogP contribution in [-0.4, -0.2) is 24.9 Å². The number of benzene rings is 1. The second-order valence-electron chi connectivity index (χ2n) is 3.91. The Balaban J connectivity index is 2.56. The van der Waals surface area contributed by atoms with Crippen LogP contribution in [0.1, 0.15) is 12.5 Å². The molecule has 0 saturated heterocycles. The molecule has 5 heteroatoms. The van der Waals surface area contributed by atoms with Crippen LogP contribution in [0.15, 0.2) is 18.2 Å². The lowest BCUT2D eigenvalue weighted by atomic mass is 10.2. The van der Waals surface area contributed by atoms with Crippen molar-refractivity contribution in [3.8, 4) is 0 Å². The summed E-state index contributed by atoms with van der Waals surface area (Å²) < 4.78 is 17.9. The summed E-state index contributed by atoms with van der Waals surface area (Å²) in [6.45, 7) is 4.37. The zero-order valence-electron chi connectivity index (χ0n) is 10.2. The third-order valence-corrected chi connectivity index (χ3v) is 2.45. The van der Waals surface area contributed by atoms with Gasteiger partial charge in [0.15, 0.2) is 5.11 Å². The quantitative estimate of drug-likeness (QED) is 0.811. The average Bonchev–Trinajstić information content (AvgIpc) is 2.22. The number of methoxy groups -OCH3 is 1. The first-order valence-electron chi connectivity index (χ1n) is 5.35. The Hall–Kier alpha value is -1.20. The van der Waals surface area contributed by atoms with Gasteiger partial charge in [-0.3, -0.25) is 0 Å². The zero-order valence-corrected chi connectivity index (χ0v) is 11.0. The van der Waals surface area contributed by atoms with E-state index in [1.165, 1.54) is 12.1 Å². The highest BCUT2D eigenvalue weighted by Crippen LogP contribution is 2.15. The second kappa shape index (κ2) is 6.51. The summed E-state index contributed by atoms with van der Waals surface area (Å²) in [5.74, 6) is -0.250. The molecule has 0 aliphatic heterocycles. The van der Waals surface area contributed by atoms with E-state index in [2.05, 4.69) is 10.6 Å². The van der Waals surface area contributed by atoms with E-state index in [0.717, 1.165) is 11.3 Å². The van der Waals surface area contributed by atoms with Crippen molar-refractivity contribution in [3.05, 3.63) is 29.6 Å². The molecule has 3 nitrogen and oxygen atoms in total. The number of nitrogens with one attached hydrogen (secondary N) is 2. The minimum Gasteiger partial charge on any atom is -0.383 e. The minimum atomic E-state index is -0.250. The lowest BCUT2D eigenvalue weighted by molar-refractivity contribution is 0.179. The summed E-state index contributed by atoms with van der Waals surface area (Å²) >= 11 is 5.15. The maximum absolute atomic E-state index is 12.9. The standard InChI is InChI=1S/C12H17FN2OS/c1-8-6-10(13)4-5-11(8)15-12(17)14-9(2)7-16-3/h4-6,9H,7H2,1-3H3,(H2,14,15,17). The normalized spacial score (nSPS) is 12.0. The molecule has 0 amide bonds. The number of aryl methyl sites for hydroxylation is 1. The fourth-order valence-corrected chi connectivity index (χ4v) is 1.75. The van der Waals surface area contributed by atoms with Crippen molar-refractivity contribution in [2.45, 2.75) is 19.9 Å². The molecule has 0 saturated carbocycles. The maximum atomic E-state index is 12.9.